The van der Waals surface area contributed by atoms with Crippen LogP contribution in [0.3, 0.4) is 0 Å². The van der Waals surface area contributed by atoms with Gasteiger partial charge in [-0.15, -0.1) is 0 Å². The van der Waals surface area contributed by atoms with Gasteiger partial charge in [0.25, 0.3) is 0 Å². The number of rotatable bonds is 5. The maximum atomic E-state index is 12.7. The van der Waals surface area contributed by atoms with E-state index in [1.807, 2.05) is 36.4 Å². The molecular weight excluding hydrogens is 412 g/mol. The van der Waals surface area contributed by atoms with Crippen molar-refractivity contribution >= 4 is 43.4 Å². The lowest BCUT2D eigenvalue weighted by Crippen LogP contribution is -2.27. The molecule has 0 spiro atoms. The summed E-state index contributed by atoms with van der Waals surface area (Å²) in [6.07, 6.45) is 3.58. The molecule has 0 radical (unpaired) electrons. The molecule has 5 rings (SSSR count). The molecule has 1 fully saturated rings. The summed E-state index contributed by atoms with van der Waals surface area (Å²) in [7, 11) is -3.46. The van der Waals surface area contributed by atoms with Gasteiger partial charge in [0.15, 0.2) is 0 Å². The van der Waals surface area contributed by atoms with Crippen LogP contribution in [0.5, 0.6) is 0 Å². The first kappa shape index (κ1) is 19.8. The van der Waals surface area contributed by atoms with Gasteiger partial charge in [-0.25, -0.2) is 8.42 Å². The molecule has 0 unspecified atom stereocenters. The van der Waals surface area contributed by atoms with Crippen LogP contribution in [-0.4, -0.2) is 31.7 Å². The normalized spacial score (nSPS) is 15.0. The van der Waals surface area contributed by atoms with Crippen LogP contribution in [0.1, 0.15) is 18.4 Å². The monoisotopic (exact) mass is 434 g/mol. The highest BCUT2D eigenvalue weighted by Crippen LogP contribution is 2.30. The SMILES string of the molecule is O=C(Cc1coc2ccc3ccccc3c12)Nc1ccc(S(=O)(=O)N2CCCC2)cc1. The number of anilines is 1. The lowest BCUT2D eigenvalue weighted by Gasteiger charge is -2.15. The number of benzene rings is 3. The molecule has 158 valence electrons. The van der Waals surface area contributed by atoms with Gasteiger partial charge in [0.1, 0.15) is 5.58 Å². The van der Waals surface area contributed by atoms with E-state index >= 15 is 0 Å². The van der Waals surface area contributed by atoms with Crippen LogP contribution in [0.25, 0.3) is 21.7 Å². The molecule has 1 saturated heterocycles. The Bertz CT molecular complexity index is 1370. The van der Waals surface area contributed by atoms with Crippen molar-refractivity contribution < 1.29 is 17.6 Å². The van der Waals surface area contributed by atoms with Gasteiger partial charge in [-0.2, -0.15) is 4.31 Å². The molecule has 1 aromatic heterocycles. The first-order valence-electron chi connectivity index (χ1n) is 10.3. The van der Waals surface area contributed by atoms with E-state index < -0.39 is 10.0 Å². The standard InChI is InChI=1S/C24H22N2O4S/c27-23(15-18-16-30-22-12-7-17-5-1-2-6-21(17)24(18)22)25-19-8-10-20(11-9-19)31(28,29)26-13-3-4-14-26/h1-2,5-12,16H,3-4,13-15H2,(H,25,27). The molecule has 1 aliphatic heterocycles. The molecule has 3 aromatic carbocycles. The second-order valence-electron chi connectivity index (χ2n) is 7.78. The average Bonchev–Trinajstić information content (AvgIpc) is 3.45. The smallest absolute Gasteiger partial charge is 0.243 e. The van der Waals surface area contributed by atoms with Gasteiger partial charge in [-0.1, -0.05) is 30.3 Å². The molecule has 1 amide bonds. The van der Waals surface area contributed by atoms with Gasteiger partial charge in [-0.3, -0.25) is 4.79 Å². The Morgan fingerprint density at radius 1 is 0.968 bits per heavy atom. The summed E-state index contributed by atoms with van der Waals surface area (Å²) in [4.78, 5) is 12.9. The van der Waals surface area contributed by atoms with E-state index in [4.69, 9.17) is 4.42 Å². The molecule has 0 bridgehead atoms. The summed E-state index contributed by atoms with van der Waals surface area (Å²) in [6.45, 7) is 1.13. The molecule has 4 aromatic rings. The average molecular weight is 435 g/mol. The van der Waals surface area contributed by atoms with Gasteiger partial charge in [-0.05, 0) is 53.9 Å². The zero-order chi connectivity index (χ0) is 21.4. The predicted octanol–water partition coefficient (Wildman–Crippen LogP) is 4.55. The quantitative estimate of drug-likeness (QED) is 0.500. The number of nitrogens with zero attached hydrogens (tertiary/aromatic N) is 1. The molecule has 0 aliphatic carbocycles. The van der Waals surface area contributed by atoms with Gasteiger partial charge < -0.3 is 9.73 Å². The summed E-state index contributed by atoms with van der Waals surface area (Å²) in [5.41, 5.74) is 2.12. The van der Waals surface area contributed by atoms with Crippen molar-refractivity contribution in [2.75, 3.05) is 18.4 Å². The number of carbonyl (C=O) groups is 1. The number of carbonyl (C=O) groups excluding carboxylic acids is 1. The molecule has 2 heterocycles. The molecule has 7 heteroatoms. The lowest BCUT2D eigenvalue weighted by molar-refractivity contribution is -0.115. The third-order valence-electron chi connectivity index (χ3n) is 5.73. The maximum Gasteiger partial charge on any atom is 0.243 e. The Hall–Kier alpha value is -3.16. The van der Waals surface area contributed by atoms with Crippen molar-refractivity contribution in [1.82, 2.24) is 4.31 Å². The van der Waals surface area contributed by atoms with Gasteiger partial charge in [0.2, 0.25) is 15.9 Å². The van der Waals surface area contributed by atoms with Crippen molar-refractivity contribution in [1.29, 1.82) is 0 Å². The van der Waals surface area contributed by atoms with Crippen molar-refractivity contribution in [3.05, 3.63) is 72.5 Å². The molecule has 1 N–H and O–H groups in total. The number of hydrogen-bond acceptors (Lipinski definition) is 4. The van der Waals surface area contributed by atoms with E-state index in [1.54, 1.807) is 30.5 Å². The largest absolute Gasteiger partial charge is 0.464 e. The summed E-state index contributed by atoms with van der Waals surface area (Å²) >= 11 is 0. The van der Waals surface area contributed by atoms with Crippen molar-refractivity contribution in [2.24, 2.45) is 0 Å². The van der Waals surface area contributed by atoms with Crippen LogP contribution in [0.4, 0.5) is 5.69 Å². The zero-order valence-electron chi connectivity index (χ0n) is 16.9. The Labute approximate surface area is 180 Å². The van der Waals surface area contributed by atoms with E-state index in [9.17, 15) is 13.2 Å². The predicted molar refractivity (Wildman–Crippen MR) is 120 cm³/mol. The van der Waals surface area contributed by atoms with E-state index in [1.165, 1.54) is 4.31 Å². The molecule has 0 saturated carbocycles. The second kappa shape index (κ2) is 7.83. The summed E-state index contributed by atoms with van der Waals surface area (Å²) in [5.74, 6) is -0.189. The first-order valence-corrected chi connectivity index (χ1v) is 11.7. The van der Waals surface area contributed by atoms with Crippen molar-refractivity contribution in [2.45, 2.75) is 24.2 Å². The van der Waals surface area contributed by atoms with Crippen molar-refractivity contribution in [3.63, 3.8) is 0 Å². The highest BCUT2D eigenvalue weighted by Gasteiger charge is 2.27. The van der Waals surface area contributed by atoms with E-state index in [0.717, 1.165) is 40.1 Å². The van der Waals surface area contributed by atoms with E-state index in [0.29, 0.717) is 18.8 Å². The molecular formula is C24H22N2O4S. The highest BCUT2D eigenvalue weighted by molar-refractivity contribution is 7.89. The molecule has 1 aliphatic rings. The Morgan fingerprint density at radius 2 is 1.71 bits per heavy atom. The topological polar surface area (TPSA) is 79.6 Å². The number of furan rings is 1. The fraction of sp³-hybridized carbons (Fsp3) is 0.208. The highest BCUT2D eigenvalue weighted by atomic mass is 32.2. The van der Waals surface area contributed by atoms with Gasteiger partial charge in [0.05, 0.1) is 17.6 Å². The fourth-order valence-corrected chi connectivity index (χ4v) is 5.69. The number of nitrogens with one attached hydrogen (secondary N) is 1. The third-order valence-corrected chi connectivity index (χ3v) is 7.64. The minimum Gasteiger partial charge on any atom is -0.464 e. The van der Waals surface area contributed by atoms with Crippen LogP contribution in [-0.2, 0) is 21.2 Å². The lowest BCUT2D eigenvalue weighted by atomic mass is 10.0. The number of amides is 1. The third kappa shape index (κ3) is 3.71. The van der Waals surface area contributed by atoms with E-state index in [2.05, 4.69) is 5.32 Å². The minimum atomic E-state index is -3.46. The fourth-order valence-electron chi connectivity index (χ4n) is 4.17. The molecule has 6 nitrogen and oxygen atoms in total. The minimum absolute atomic E-state index is 0.162. The summed E-state index contributed by atoms with van der Waals surface area (Å²) in [5, 5.41) is 5.94. The van der Waals surface area contributed by atoms with Crippen LogP contribution in [0.2, 0.25) is 0 Å². The summed E-state index contributed by atoms with van der Waals surface area (Å²) in [6, 6.07) is 18.3. The van der Waals surface area contributed by atoms with Gasteiger partial charge in [0, 0.05) is 29.7 Å². The maximum absolute atomic E-state index is 12.7. The zero-order valence-corrected chi connectivity index (χ0v) is 17.7. The van der Waals surface area contributed by atoms with Gasteiger partial charge >= 0.3 is 0 Å². The first-order chi connectivity index (χ1) is 15.0. The molecule has 0 atom stereocenters. The second-order valence-corrected chi connectivity index (χ2v) is 9.72. The van der Waals surface area contributed by atoms with Crippen LogP contribution in [0, 0.1) is 0 Å². The Balaban J connectivity index is 1.34. The number of sulfonamides is 1. The number of fused-ring (bicyclic) bond motifs is 3. The van der Waals surface area contributed by atoms with Crippen LogP contribution < -0.4 is 5.32 Å². The number of hydrogen-bond donors (Lipinski definition) is 1. The summed E-state index contributed by atoms with van der Waals surface area (Å²) < 4.78 is 32.4. The van der Waals surface area contributed by atoms with E-state index in [-0.39, 0.29) is 17.2 Å². The Morgan fingerprint density at radius 3 is 2.48 bits per heavy atom. The molecule has 31 heavy (non-hydrogen) atoms. The van der Waals surface area contributed by atoms with Crippen LogP contribution in [0.15, 0.2) is 76.2 Å². The Kier molecular flexibility index (Phi) is 5.00. The van der Waals surface area contributed by atoms with Crippen molar-refractivity contribution in [3.8, 4) is 0 Å². The van der Waals surface area contributed by atoms with Crippen LogP contribution >= 0.6 is 0 Å².